The second-order valence-corrected chi connectivity index (χ2v) is 5.02. The third kappa shape index (κ3) is 2.74. The van der Waals surface area contributed by atoms with Crippen LogP contribution in [0.3, 0.4) is 0 Å². The van der Waals surface area contributed by atoms with Gasteiger partial charge in [-0.1, -0.05) is 25.9 Å². The Balaban J connectivity index is 2.11. The van der Waals surface area contributed by atoms with Gasteiger partial charge in [0.2, 0.25) is 0 Å². The molecular weight excluding hydrogens is 230 g/mol. The van der Waals surface area contributed by atoms with E-state index >= 15 is 0 Å². The molecule has 0 fully saturated rings. The highest BCUT2D eigenvalue weighted by Gasteiger charge is 2.20. The minimum absolute atomic E-state index is 0.132. The summed E-state index contributed by atoms with van der Waals surface area (Å²) in [6.07, 6.45) is 3.14. The highest BCUT2D eigenvalue weighted by atomic mass is 16.5. The first kappa shape index (κ1) is 12.3. The van der Waals surface area contributed by atoms with E-state index in [1.165, 1.54) is 0 Å². The van der Waals surface area contributed by atoms with Crippen molar-refractivity contribution >= 4 is 11.7 Å². The van der Waals surface area contributed by atoms with Gasteiger partial charge >= 0.3 is 0 Å². The Morgan fingerprint density at radius 2 is 1.94 bits per heavy atom. The lowest BCUT2D eigenvalue weighted by Gasteiger charge is -2.11. The molecule has 2 aromatic rings. The van der Waals surface area contributed by atoms with Crippen molar-refractivity contribution in [2.24, 2.45) is 0 Å². The lowest BCUT2D eigenvalue weighted by Crippen LogP contribution is -2.12. The molecule has 0 atom stereocenters. The fourth-order valence-corrected chi connectivity index (χ4v) is 1.38. The summed E-state index contributed by atoms with van der Waals surface area (Å²) in [5, 5.41) is 6.50. The first-order valence-corrected chi connectivity index (χ1v) is 5.65. The Morgan fingerprint density at radius 1 is 1.28 bits per heavy atom. The molecule has 0 bridgehead atoms. The van der Waals surface area contributed by atoms with E-state index in [0.29, 0.717) is 11.4 Å². The van der Waals surface area contributed by atoms with Gasteiger partial charge < -0.3 is 9.84 Å². The van der Waals surface area contributed by atoms with Gasteiger partial charge in [-0.15, -0.1) is 0 Å². The highest BCUT2D eigenvalue weighted by molar-refractivity contribution is 6.03. The van der Waals surface area contributed by atoms with Crippen LogP contribution in [-0.4, -0.2) is 16.0 Å². The number of nitrogens with zero attached hydrogens (tertiary/aromatic N) is 2. The molecule has 1 N–H and O–H groups in total. The Hall–Kier alpha value is -2.17. The smallest absolute Gasteiger partial charge is 0.257 e. The van der Waals surface area contributed by atoms with Crippen molar-refractivity contribution in [3.05, 3.63) is 41.9 Å². The van der Waals surface area contributed by atoms with Gasteiger partial charge in [-0.25, -0.2) is 0 Å². The molecule has 18 heavy (non-hydrogen) atoms. The molecule has 0 aliphatic heterocycles. The highest BCUT2D eigenvalue weighted by Crippen LogP contribution is 2.24. The van der Waals surface area contributed by atoms with Crippen LogP contribution in [0.2, 0.25) is 0 Å². The Labute approximate surface area is 105 Å². The normalized spacial score (nSPS) is 11.3. The number of carbonyl (C=O) groups is 1. The van der Waals surface area contributed by atoms with E-state index in [4.69, 9.17) is 4.52 Å². The summed E-state index contributed by atoms with van der Waals surface area (Å²) in [6.45, 7) is 6.05. The molecule has 94 valence electrons. The Kier molecular flexibility index (Phi) is 3.14. The van der Waals surface area contributed by atoms with Crippen molar-refractivity contribution in [1.29, 1.82) is 0 Å². The lowest BCUT2D eigenvalue weighted by atomic mass is 9.93. The van der Waals surface area contributed by atoms with Crippen LogP contribution in [0.4, 0.5) is 5.82 Å². The number of aromatic nitrogens is 2. The van der Waals surface area contributed by atoms with Gasteiger partial charge in [-0.2, -0.15) is 0 Å². The van der Waals surface area contributed by atoms with Crippen molar-refractivity contribution in [1.82, 2.24) is 10.1 Å². The van der Waals surface area contributed by atoms with Gasteiger partial charge in [0.1, 0.15) is 5.76 Å². The summed E-state index contributed by atoms with van der Waals surface area (Å²) in [6, 6.07) is 5.01. The monoisotopic (exact) mass is 245 g/mol. The van der Waals surface area contributed by atoms with Crippen LogP contribution in [0.15, 0.2) is 35.1 Å². The fourth-order valence-electron chi connectivity index (χ4n) is 1.38. The molecule has 2 heterocycles. The SMILES string of the molecule is CC(C)(C)c1cc(NC(=O)c2ccncc2)no1. The molecule has 0 radical (unpaired) electrons. The number of amides is 1. The molecule has 0 aliphatic carbocycles. The molecule has 2 aromatic heterocycles. The first-order valence-electron chi connectivity index (χ1n) is 5.65. The quantitative estimate of drug-likeness (QED) is 0.883. The summed E-state index contributed by atoms with van der Waals surface area (Å²) in [4.78, 5) is 15.7. The van der Waals surface area contributed by atoms with Gasteiger partial charge in [-0.3, -0.25) is 9.78 Å². The predicted octanol–water partition coefficient (Wildman–Crippen LogP) is 2.62. The average molecular weight is 245 g/mol. The molecule has 0 saturated heterocycles. The van der Waals surface area contributed by atoms with E-state index < -0.39 is 0 Å². The second kappa shape index (κ2) is 4.60. The molecular formula is C13H15N3O2. The lowest BCUT2D eigenvalue weighted by molar-refractivity contribution is 0.102. The Bertz CT molecular complexity index is 541. The number of anilines is 1. The minimum Gasteiger partial charge on any atom is -0.359 e. The van der Waals surface area contributed by atoms with Gasteiger partial charge in [-0.05, 0) is 12.1 Å². The molecule has 5 nitrogen and oxygen atoms in total. The Morgan fingerprint density at radius 3 is 2.50 bits per heavy atom. The van der Waals surface area contributed by atoms with E-state index in [0.717, 1.165) is 5.76 Å². The van der Waals surface area contributed by atoms with E-state index in [9.17, 15) is 4.79 Å². The van der Waals surface area contributed by atoms with E-state index in [1.807, 2.05) is 20.8 Å². The summed E-state index contributed by atoms with van der Waals surface area (Å²) < 4.78 is 5.19. The van der Waals surface area contributed by atoms with E-state index in [2.05, 4.69) is 15.5 Å². The third-order valence-electron chi connectivity index (χ3n) is 2.43. The number of carbonyl (C=O) groups excluding carboxylic acids is 1. The van der Waals surface area contributed by atoms with Crippen LogP contribution in [0.5, 0.6) is 0 Å². The van der Waals surface area contributed by atoms with Gasteiger partial charge in [0.15, 0.2) is 5.82 Å². The maximum Gasteiger partial charge on any atom is 0.257 e. The number of nitrogens with one attached hydrogen (secondary N) is 1. The molecule has 0 aliphatic rings. The molecule has 0 saturated carbocycles. The summed E-state index contributed by atoms with van der Waals surface area (Å²) in [5.74, 6) is 0.917. The van der Waals surface area contributed by atoms with E-state index in [-0.39, 0.29) is 11.3 Å². The second-order valence-electron chi connectivity index (χ2n) is 5.02. The molecule has 0 aromatic carbocycles. The average Bonchev–Trinajstić information content (AvgIpc) is 2.78. The van der Waals surface area contributed by atoms with Crippen molar-refractivity contribution in [3.8, 4) is 0 Å². The van der Waals surface area contributed by atoms with Crippen LogP contribution in [-0.2, 0) is 5.41 Å². The van der Waals surface area contributed by atoms with E-state index in [1.54, 1.807) is 30.6 Å². The van der Waals surface area contributed by atoms with Crippen LogP contribution in [0.25, 0.3) is 0 Å². The molecule has 2 rings (SSSR count). The maximum atomic E-state index is 11.9. The zero-order valence-electron chi connectivity index (χ0n) is 10.6. The molecule has 0 unspecified atom stereocenters. The molecule has 0 spiro atoms. The zero-order chi connectivity index (χ0) is 13.2. The third-order valence-corrected chi connectivity index (χ3v) is 2.43. The van der Waals surface area contributed by atoms with Crippen LogP contribution in [0.1, 0.15) is 36.9 Å². The summed E-state index contributed by atoms with van der Waals surface area (Å²) >= 11 is 0. The summed E-state index contributed by atoms with van der Waals surface area (Å²) in [5.41, 5.74) is 0.400. The number of pyridine rings is 1. The van der Waals surface area contributed by atoms with Crippen molar-refractivity contribution in [2.75, 3.05) is 5.32 Å². The molecule has 1 amide bonds. The van der Waals surface area contributed by atoms with Crippen LogP contribution < -0.4 is 5.32 Å². The van der Waals surface area contributed by atoms with Crippen molar-refractivity contribution in [2.45, 2.75) is 26.2 Å². The largest absolute Gasteiger partial charge is 0.359 e. The number of hydrogen-bond donors (Lipinski definition) is 1. The van der Waals surface area contributed by atoms with Gasteiger partial charge in [0.05, 0.1) is 0 Å². The van der Waals surface area contributed by atoms with Crippen LogP contribution >= 0.6 is 0 Å². The molecule has 5 heteroatoms. The number of hydrogen-bond acceptors (Lipinski definition) is 4. The summed E-state index contributed by atoms with van der Waals surface area (Å²) in [7, 11) is 0. The van der Waals surface area contributed by atoms with Gasteiger partial charge in [0.25, 0.3) is 5.91 Å². The maximum absolute atomic E-state index is 11.9. The van der Waals surface area contributed by atoms with Gasteiger partial charge in [0, 0.05) is 29.4 Å². The first-order chi connectivity index (χ1) is 8.47. The fraction of sp³-hybridized carbons (Fsp3) is 0.308. The number of rotatable bonds is 2. The topological polar surface area (TPSA) is 68.0 Å². The zero-order valence-corrected chi connectivity index (χ0v) is 10.6. The van der Waals surface area contributed by atoms with Crippen molar-refractivity contribution < 1.29 is 9.32 Å². The predicted molar refractivity (Wildman–Crippen MR) is 67.4 cm³/mol. The minimum atomic E-state index is -0.230. The van der Waals surface area contributed by atoms with Crippen LogP contribution in [0, 0.1) is 0 Å². The van der Waals surface area contributed by atoms with Crippen molar-refractivity contribution in [3.63, 3.8) is 0 Å². The standard InChI is InChI=1S/C13H15N3O2/c1-13(2,3)10-8-11(16-18-10)15-12(17)9-4-6-14-7-5-9/h4-8H,1-3H3,(H,15,16,17).